The summed E-state index contributed by atoms with van der Waals surface area (Å²) in [5, 5.41) is 3.12. The Hall–Kier alpha value is -3.09. The van der Waals surface area contributed by atoms with Crippen LogP contribution >= 0.6 is 0 Å². The zero-order valence-corrected chi connectivity index (χ0v) is 17.1. The molecule has 1 aliphatic carbocycles. The van der Waals surface area contributed by atoms with Crippen molar-refractivity contribution < 1.29 is 9.18 Å². The summed E-state index contributed by atoms with van der Waals surface area (Å²) in [6, 6.07) is 12.8. The monoisotopic (exact) mass is 409 g/mol. The Kier molecular flexibility index (Phi) is 6.16. The summed E-state index contributed by atoms with van der Waals surface area (Å²) >= 11 is 0. The van der Waals surface area contributed by atoms with Crippen molar-refractivity contribution in [2.45, 2.75) is 25.7 Å². The van der Waals surface area contributed by atoms with Crippen LogP contribution in [0.1, 0.15) is 24.0 Å². The third kappa shape index (κ3) is 4.90. The van der Waals surface area contributed by atoms with Gasteiger partial charge in [0.1, 0.15) is 5.82 Å². The summed E-state index contributed by atoms with van der Waals surface area (Å²) in [4.78, 5) is 20.8. The van der Waals surface area contributed by atoms with E-state index in [1.807, 2.05) is 11.0 Å². The van der Waals surface area contributed by atoms with Gasteiger partial charge in [0.2, 0.25) is 5.91 Å². The number of carbonyl (C=O) groups is 1. The maximum atomic E-state index is 13.1. The van der Waals surface area contributed by atoms with Crippen LogP contribution in [0, 0.1) is 5.82 Å². The van der Waals surface area contributed by atoms with Crippen molar-refractivity contribution in [3.05, 3.63) is 59.4 Å². The molecule has 2 aliphatic rings. The smallest absolute Gasteiger partial charge is 0.224 e. The molecule has 6 nitrogen and oxygen atoms in total. The number of guanidine groups is 1. The Bertz CT molecular complexity index is 920. The van der Waals surface area contributed by atoms with Gasteiger partial charge >= 0.3 is 0 Å². The summed E-state index contributed by atoms with van der Waals surface area (Å²) in [6.45, 7) is 3.15. The summed E-state index contributed by atoms with van der Waals surface area (Å²) in [5.41, 5.74) is 10.7. The van der Waals surface area contributed by atoms with E-state index in [0.717, 1.165) is 37.3 Å². The molecule has 0 aromatic heterocycles. The zero-order valence-electron chi connectivity index (χ0n) is 17.1. The number of nitrogens with zero attached hydrogens (tertiary/aromatic N) is 3. The van der Waals surface area contributed by atoms with Gasteiger partial charge in [0.05, 0.1) is 6.54 Å². The average Bonchev–Trinajstić information content (AvgIpc) is 3.22. The summed E-state index contributed by atoms with van der Waals surface area (Å²) in [5.74, 6) is 0.183. The fourth-order valence-electron chi connectivity index (χ4n) is 4.13. The molecule has 2 aromatic rings. The summed E-state index contributed by atoms with van der Waals surface area (Å²) in [7, 11) is 0. The van der Waals surface area contributed by atoms with Crippen LogP contribution < -0.4 is 16.0 Å². The molecule has 3 N–H and O–H groups in total. The number of fused-ring (bicyclic) bond motifs is 1. The third-order valence-electron chi connectivity index (χ3n) is 5.80. The Morgan fingerprint density at radius 3 is 2.53 bits per heavy atom. The molecule has 1 aliphatic heterocycles. The van der Waals surface area contributed by atoms with Crippen molar-refractivity contribution in [3.8, 4) is 0 Å². The van der Waals surface area contributed by atoms with Gasteiger partial charge in [0, 0.05) is 44.0 Å². The molecule has 0 spiro atoms. The molecule has 0 atom stereocenters. The van der Waals surface area contributed by atoms with E-state index in [1.54, 1.807) is 12.1 Å². The van der Waals surface area contributed by atoms with Crippen LogP contribution in [-0.4, -0.2) is 49.5 Å². The highest BCUT2D eigenvalue weighted by atomic mass is 19.1. The predicted molar refractivity (Wildman–Crippen MR) is 118 cm³/mol. The molecule has 158 valence electrons. The Morgan fingerprint density at radius 2 is 1.77 bits per heavy atom. The van der Waals surface area contributed by atoms with Crippen LogP contribution in [0.2, 0.25) is 0 Å². The van der Waals surface area contributed by atoms with Crippen molar-refractivity contribution in [1.29, 1.82) is 0 Å². The second-order valence-electron chi connectivity index (χ2n) is 7.82. The molecule has 2 aromatic carbocycles. The number of carbonyl (C=O) groups excluding carboxylic acids is 1. The number of benzene rings is 2. The van der Waals surface area contributed by atoms with Gasteiger partial charge in [0.15, 0.2) is 5.96 Å². The first-order chi connectivity index (χ1) is 14.6. The van der Waals surface area contributed by atoms with E-state index >= 15 is 0 Å². The number of nitrogens with two attached hydrogens (primary N) is 1. The normalized spacial score (nSPS) is 16.5. The van der Waals surface area contributed by atoms with E-state index in [9.17, 15) is 9.18 Å². The number of anilines is 2. The lowest BCUT2D eigenvalue weighted by atomic mass is 10.1. The van der Waals surface area contributed by atoms with Crippen LogP contribution in [0.5, 0.6) is 0 Å². The topological polar surface area (TPSA) is 74.0 Å². The predicted octanol–water partition coefficient (Wildman–Crippen LogP) is 2.78. The average molecular weight is 410 g/mol. The van der Waals surface area contributed by atoms with Crippen molar-refractivity contribution >= 4 is 23.2 Å². The number of aliphatic imine (C=N–C) groups is 1. The Labute approximate surface area is 176 Å². The van der Waals surface area contributed by atoms with Crippen LogP contribution in [-0.2, 0) is 17.6 Å². The van der Waals surface area contributed by atoms with Crippen molar-refractivity contribution in [2.75, 3.05) is 42.9 Å². The van der Waals surface area contributed by atoms with Gasteiger partial charge < -0.3 is 20.9 Å². The first-order valence-corrected chi connectivity index (χ1v) is 10.6. The second kappa shape index (κ2) is 9.15. The van der Waals surface area contributed by atoms with E-state index in [1.165, 1.54) is 29.7 Å². The summed E-state index contributed by atoms with van der Waals surface area (Å²) in [6.07, 6.45) is 3.82. The molecular weight excluding hydrogens is 381 g/mol. The molecule has 0 radical (unpaired) electrons. The summed E-state index contributed by atoms with van der Waals surface area (Å²) < 4.78 is 13.1. The van der Waals surface area contributed by atoms with Crippen LogP contribution in [0.4, 0.5) is 15.8 Å². The molecule has 1 heterocycles. The van der Waals surface area contributed by atoms with Gasteiger partial charge in [-0.25, -0.2) is 4.39 Å². The van der Waals surface area contributed by atoms with Gasteiger partial charge in [0.25, 0.3) is 0 Å². The number of aryl methyl sites for hydroxylation is 2. The Morgan fingerprint density at radius 1 is 1.03 bits per heavy atom. The lowest BCUT2D eigenvalue weighted by Crippen LogP contribution is -2.48. The molecule has 7 heteroatoms. The molecule has 1 fully saturated rings. The molecule has 0 bridgehead atoms. The number of nitrogens with one attached hydrogen (secondary N) is 1. The van der Waals surface area contributed by atoms with E-state index in [4.69, 9.17) is 5.73 Å². The van der Waals surface area contributed by atoms with Gasteiger partial charge in [-0.2, -0.15) is 0 Å². The van der Waals surface area contributed by atoms with E-state index in [-0.39, 0.29) is 11.7 Å². The highest BCUT2D eigenvalue weighted by Gasteiger charge is 2.21. The highest BCUT2D eigenvalue weighted by molar-refractivity contribution is 5.92. The minimum atomic E-state index is -0.238. The van der Waals surface area contributed by atoms with Gasteiger partial charge in [-0.05, 0) is 66.8 Å². The molecule has 1 amide bonds. The number of piperazine rings is 1. The van der Waals surface area contributed by atoms with E-state index < -0.39 is 0 Å². The maximum absolute atomic E-state index is 13.1. The van der Waals surface area contributed by atoms with E-state index in [0.29, 0.717) is 32.0 Å². The third-order valence-corrected chi connectivity index (χ3v) is 5.80. The minimum Gasteiger partial charge on any atom is -0.370 e. The Balaban J connectivity index is 1.21. The van der Waals surface area contributed by atoms with E-state index in [2.05, 4.69) is 27.3 Å². The standard InChI is InChI=1S/C23H28FN5O/c24-19-5-8-21(9-6-19)28-12-14-29(15-13-28)22(30)10-11-26-23(25)27-20-7-4-17-2-1-3-18(17)16-20/h4-9,16H,1-3,10-15H2,(H3,25,26,27). The number of amides is 1. The molecule has 0 unspecified atom stereocenters. The quantitative estimate of drug-likeness (QED) is 0.588. The molecular formula is C23H28FN5O. The number of halogens is 1. The fraction of sp³-hybridized carbons (Fsp3) is 0.391. The lowest BCUT2D eigenvalue weighted by Gasteiger charge is -2.36. The van der Waals surface area contributed by atoms with Crippen LogP contribution in [0.15, 0.2) is 47.5 Å². The number of hydrogen-bond acceptors (Lipinski definition) is 3. The molecule has 4 rings (SSSR count). The number of rotatable bonds is 5. The minimum absolute atomic E-state index is 0.0860. The second-order valence-corrected chi connectivity index (χ2v) is 7.82. The van der Waals surface area contributed by atoms with Crippen LogP contribution in [0.25, 0.3) is 0 Å². The lowest BCUT2D eigenvalue weighted by molar-refractivity contribution is -0.131. The van der Waals surface area contributed by atoms with Gasteiger partial charge in [-0.15, -0.1) is 0 Å². The zero-order chi connectivity index (χ0) is 20.9. The fourth-order valence-corrected chi connectivity index (χ4v) is 4.13. The van der Waals surface area contributed by atoms with Crippen molar-refractivity contribution in [3.63, 3.8) is 0 Å². The van der Waals surface area contributed by atoms with Crippen molar-refractivity contribution in [1.82, 2.24) is 4.90 Å². The molecule has 30 heavy (non-hydrogen) atoms. The largest absolute Gasteiger partial charge is 0.370 e. The molecule has 0 saturated carbocycles. The SMILES string of the molecule is NC(=NCCC(=O)N1CCN(c2ccc(F)cc2)CC1)Nc1ccc2c(c1)CCC2. The first kappa shape index (κ1) is 20.2. The van der Waals surface area contributed by atoms with Crippen LogP contribution in [0.3, 0.4) is 0 Å². The van der Waals surface area contributed by atoms with Gasteiger partial charge in [-0.3, -0.25) is 9.79 Å². The number of hydrogen-bond donors (Lipinski definition) is 2. The highest BCUT2D eigenvalue weighted by Crippen LogP contribution is 2.24. The van der Waals surface area contributed by atoms with Crippen molar-refractivity contribution in [2.24, 2.45) is 10.7 Å². The molecule has 1 saturated heterocycles. The van der Waals surface area contributed by atoms with Gasteiger partial charge in [-0.1, -0.05) is 6.07 Å². The first-order valence-electron chi connectivity index (χ1n) is 10.6. The maximum Gasteiger partial charge on any atom is 0.224 e.